The van der Waals surface area contributed by atoms with E-state index in [4.69, 9.17) is 0 Å². The molecule has 1 aliphatic rings. The molecule has 20 heavy (non-hydrogen) atoms. The molecule has 0 bridgehead atoms. The van der Waals surface area contributed by atoms with Crippen LogP contribution < -0.4 is 0 Å². The molecular weight excluding hydrogens is 244 g/mol. The molecule has 0 aliphatic heterocycles. The predicted molar refractivity (Wildman–Crippen MR) is 86.3 cm³/mol. The lowest BCUT2D eigenvalue weighted by atomic mass is 9.81. The lowest BCUT2D eigenvalue weighted by Crippen LogP contribution is -2.23. The lowest BCUT2D eigenvalue weighted by molar-refractivity contribution is 1.36. The summed E-state index contributed by atoms with van der Waals surface area (Å²) in [5, 5.41) is 0. The molecule has 2 heteroatoms. The highest BCUT2D eigenvalue weighted by atomic mass is 14.8. The molecule has 0 unspecified atom stereocenters. The van der Waals surface area contributed by atoms with Gasteiger partial charge in [0, 0.05) is 25.2 Å². The quantitative estimate of drug-likeness (QED) is 0.689. The van der Waals surface area contributed by atoms with Crippen LogP contribution in [-0.4, -0.2) is 25.5 Å². The molecule has 0 aromatic heterocycles. The zero-order valence-electron chi connectivity index (χ0n) is 12.4. The molecule has 1 aliphatic carbocycles. The highest BCUT2D eigenvalue weighted by molar-refractivity contribution is 6.57. The fourth-order valence-electron chi connectivity index (χ4n) is 2.89. The molecule has 0 heterocycles. The Morgan fingerprint density at radius 1 is 0.600 bits per heavy atom. The van der Waals surface area contributed by atoms with Crippen LogP contribution in [0.2, 0.25) is 0 Å². The molecule has 100 valence electrons. The van der Waals surface area contributed by atoms with Crippen LogP contribution in [0.5, 0.6) is 0 Å². The van der Waals surface area contributed by atoms with Crippen LogP contribution in [-0.2, 0) is 0 Å². The minimum atomic E-state index is 0.990. The van der Waals surface area contributed by atoms with E-state index in [0.717, 1.165) is 11.4 Å². The number of benzene rings is 2. The largest absolute Gasteiger partial charge is 0.286 e. The Kier molecular flexibility index (Phi) is 3.01. The predicted octanol–water partition coefficient (Wildman–Crippen LogP) is 3.82. The second-order valence-electron chi connectivity index (χ2n) is 5.24. The van der Waals surface area contributed by atoms with Crippen LogP contribution in [0.15, 0.2) is 46.4 Å². The van der Waals surface area contributed by atoms with Crippen LogP contribution in [0.3, 0.4) is 0 Å². The maximum absolute atomic E-state index is 4.50. The summed E-state index contributed by atoms with van der Waals surface area (Å²) in [4.78, 5) is 8.99. The summed E-state index contributed by atoms with van der Waals surface area (Å²) >= 11 is 0. The van der Waals surface area contributed by atoms with Crippen molar-refractivity contribution in [3.05, 3.63) is 58.7 Å². The fourth-order valence-corrected chi connectivity index (χ4v) is 2.89. The molecular formula is C18H18N2. The first-order chi connectivity index (χ1) is 9.65. The molecule has 0 amide bonds. The minimum Gasteiger partial charge on any atom is -0.286 e. The van der Waals surface area contributed by atoms with Gasteiger partial charge in [0.25, 0.3) is 0 Å². The van der Waals surface area contributed by atoms with Gasteiger partial charge in [0.1, 0.15) is 0 Å². The summed E-state index contributed by atoms with van der Waals surface area (Å²) in [5.74, 6) is 0. The van der Waals surface area contributed by atoms with Crippen molar-refractivity contribution in [1.82, 2.24) is 0 Å². The van der Waals surface area contributed by atoms with Crippen LogP contribution in [0, 0.1) is 13.8 Å². The zero-order chi connectivity index (χ0) is 14.3. The Hall–Kier alpha value is -2.22. The first kappa shape index (κ1) is 12.8. The van der Waals surface area contributed by atoms with Crippen LogP contribution in [0.1, 0.15) is 22.3 Å². The van der Waals surface area contributed by atoms with Crippen molar-refractivity contribution in [2.45, 2.75) is 13.8 Å². The molecule has 0 spiro atoms. The molecule has 0 saturated carbocycles. The highest BCUT2D eigenvalue weighted by Crippen LogP contribution is 2.35. The third-order valence-electron chi connectivity index (χ3n) is 3.82. The number of aryl methyl sites for hydroxylation is 2. The van der Waals surface area contributed by atoms with Gasteiger partial charge in [-0.25, -0.2) is 0 Å². The number of hydrogen-bond acceptors (Lipinski definition) is 2. The molecule has 2 aromatic carbocycles. The van der Waals surface area contributed by atoms with E-state index in [1.165, 1.54) is 33.4 Å². The van der Waals surface area contributed by atoms with Crippen molar-refractivity contribution in [3.63, 3.8) is 0 Å². The third-order valence-corrected chi connectivity index (χ3v) is 3.82. The van der Waals surface area contributed by atoms with Crippen LogP contribution in [0.25, 0.3) is 11.1 Å². The van der Waals surface area contributed by atoms with Gasteiger partial charge in [0.2, 0.25) is 0 Å². The van der Waals surface area contributed by atoms with E-state index in [9.17, 15) is 0 Å². The lowest BCUT2D eigenvalue weighted by Gasteiger charge is -2.24. The van der Waals surface area contributed by atoms with Crippen molar-refractivity contribution in [1.29, 1.82) is 0 Å². The monoisotopic (exact) mass is 262 g/mol. The summed E-state index contributed by atoms with van der Waals surface area (Å²) in [6.07, 6.45) is 0. The smallest absolute Gasteiger partial charge is 0.0907 e. The van der Waals surface area contributed by atoms with E-state index < -0.39 is 0 Å². The first-order valence-corrected chi connectivity index (χ1v) is 6.82. The summed E-state index contributed by atoms with van der Waals surface area (Å²) < 4.78 is 0. The SMILES string of the molecule is CN=C1C(=NC)c2cc(C)ccc2-c2ccc(C)cc21. The minimum absolute atomic E-state index is 0.990. The van der Waals surface area contributed by atoms with Crippen molar-refractivity contribution in [3.8, 4) is 11.1 Å². The number of aliphatic imine (C=N–C) groups is 2. The molecule has 0 saturated heterocycles. The van der Waals surface area contributed by atoms with Crippen LogP contribution >= 0.6 is 0 Å². The first-order valence-electron chi connectivity index (χ1n) is 6.82. The van der Waals surface area contributed by atoms with Crippen LogP contribution in [0.4, 0.5) is 0 Å². The van der Waals surface area contributed by atoms with Gasteiger partial charge >= 0.3 is 0 Å². The maximum atomic E-state index is 4.50. The van der Waals surface area contributed by atoms with E-state index in [1.54, 1.807) is 0 Å². The Balaban J connectivity index is 2.42. The van der Waals surface area contributed by atoms with Gasteiger partial charge < -0.3 is 0 Å². The summed E-state index contributed by atoms with van der Waals surface area (Å²) in [5.41, 5.74) is 9.34. The maximum Gasteiger partial charge on any atom is 0.0907 e. The topological polar surface area (TPSA) is 24.7 Å². The van der Waals surface area contributed by atoms with Gasteiger partial charge in [-0.1, -0.05) is 35.4 Å². The van der Waals surface area contributed by atoms with Gasteiger partial charge in [-0.05, 0) is 37.1 Å². The van der Waals surface area contributed by atoms with Gasteiger partial charge in [-0.15, -0.1) is 0 Å². The van der Waals surface area contributed by atoms with Gasteiger partial charge in [-0.2, -0.15) is 0 Å². The molecule has 0 N–H and O–H groups in total. The van der Waals surface area contributed by atoms with E-state index in [0.29, 0.717) is 0 Å². The fraction of sp³-hybridized carbons (Fsp3) is 0.222. The highest BCUT2D eigenvalue weighted by Gasteiger charge is 2.26. The van der Waals surface area contributed by atoms with E-state index in [1.807, 2.05) is 14.1 Å². The Morgan fingerprint density at radius 3 is 1.35 bits per heavy atom. The number of fused-ring (bicyclic) bond motifs is 3. The van der Waals surface area contributed by atoms with E-state index in [-0.39, 0.29) is 0 Å². The van der Waals surface area contributed by atoms with Gasteiger partial charge in [0.05, 0.1) is 11.4 Å². The van der Waals surface area contributed by atoms with E-state index >= 15 is 0 Å². The Labute approximate surface area is 119 Å². The molecule has 2 aromatic rings. The summed E-state index contributed by atoms with van der Waals surface area (Å²) in [6.45, 7) is 4.22. The molecule has 0 atom stereocenters. The summed E-state index contributed by atoms with van der Waals surface area (Å²) in [6, 6.07) is 13.1. The Bertz CT molecular complexity index is 687. The van der Waals surface area contributed by atoms with Crippen molar-refractivity contribution in [2.75, 3.05) is 14.1 Å². The van der Waals surface area contributed by atoms with Crippen molar-refractivity contribution in [2.24, 2.45) is 9.98 Å². The van der Waals surface area contributed by atoms with Gasteiger partial charge in [-0.3, -0.25) is 9.98 Å². The Morgan fingerprint density at radius 2 is 1.00 bits per heavy atom. The standard InChI is InChI=1S/C18H18N2/c1-11-5-7-13-14-8-6-12(2)10-16(14)18(20-4)17(19-3)15(13)9-11/h5-10H,1-4H3. The second-order valence-corrected chi connectivity index (χ2v) is 5.24. The normalized spacial score (nSPS) is 17.2. The average Bonchev–Trinajstić information content (AvgIpc) is 2.45. The number of rotatable bonds is 0. The number of nitrogens with zero attached hydrogens (tertiary/aromatic N) is 2. The van der Waals surface area contributed by atoms with E-state index in [2.05, 4.69) is 60.2 Å². The molecule has 0 fully saturated rings. The second kappa shape index (κ2) is 4.71. The van der Waals surface area contributed by atoms with Crippen molar-refractivity contribution >= 4 is 11.4 Å². The number of hydrogen-bond donors (Lipinski definition) is 0. The van der Waals surface area contributed by atoms with Gasteiger partial charge in [0.15, 0.2) is 0 Å². The van der Waals surface area contributed by atoms with Crippen molar-refractivity contribution < 1.29 is 0 Å². The molecule has 3 rings (SSSR count). The average molecular weight is 262 g/mol. The third kappa shape index (κ3) is 1.80. The molecule has 0 radical (unpaired) electrons. The molecule has 2 nitrogen and oxygen atoms in total. The summed E-state index contributed by atoms with van der Waals surface area (Å²) in [7, 11) is 3.68. The zero-order valence-corrected chi connectivity index (χ0v) is 12.4.